The minimum atomic E-state index is -1.36. The van der Waals surface area contributed by atoms with Crippen molar-refractivity contribution in [3.8, 4) is 5.75 Å². The minimum Gasteiger partial charge on any atom is -0.508 e. The second-order valence-electron chi connectivity index (χ2n) is 9.12. The quantitative estimate of drug-likeness (QED) is 0.186. The van der Waals surface area contributed by atoms with E-state index in [2.05, 4.69) is 16.0 Å². The third-order valence-corrected chi connectivity index (χ3v) is 5.66. The second kappa shape index (κ2) is 14.3. The number of phenolic OH excluding ortho intramolecular Hbond substituents is 1. The van der Waals surface area contributed by atoms with Crippen LogP contribution in [0.4, 0.5) is 0 Å². The van der Waals surface area contributed by atoms with Crippen molar-refractivity contribution in [3.05, 3.63) is 29.8 Å². The van der Waals surface area contributed by atoms with Gasteiger partial charge in [-0.15, -0.1) is 0 Å². The topological polar surface area (TPSA) is 191 Å². The number of phenols is 1. The van der Waals surface area contributed by atoms with Crippen LogP contribution < -0.4 is 21.7 Å². The van der Waals surface area contributed by atoms with Crippen LogP contribution in [-0.4, -0.2) is 69.8 Å². The number of carbonyl (C=O) groups excluding carboxylic acids is 3. The third-order valence-electron chi connectivity index (χ3n) is 5.66. The number of nitrogens with one attached hydrogen (secondary N) is 3. The SMILES string of the molecule is CCC(C)C(NC(=O)C(CC(C)C)NC(=O)C(CO)NC(=O)C(N)Cc1ccc(O)cc1)C(=O)O. The zero-order chi connectivity index (χ0) is 26.7. The molecule has 11 heteroatoms. The molecule has 0 heterocycles. The molecule has 0 radical (unpaired) electrons. The first-order valence-corrected chi connectivity index (χ1v) is 11.7. The monoisotopic (exact) mass is 494 g/mol. The number of benzene rings is 1. The van der Waals surface area contributed by atoms with E-state index in [4.69, 9.17) is 5.73 Å². The molecule has 1 rings (SSSR count). The molecule has 0 fully saturated rings. The molecule has 0 bridgehead atoms. The molecule has 0 saturated heterocycles. The highest BCUT2D eigenvalue weighted by molar-refractivity contribution is 5.94. The number of nitrogens with two attached hydrogens (primary N) is 1. The van der Waals surface area contributed by atoms with Crippen molar-refractivity contribution in [1.82, 2.24) is 16.0 Å². The number of carboxylic acid groups (broad SMARTS) is 1. The van der Waals surface area contributed by atoms with Crippen LogP contribution in [0.2, 0.25) is 0 Å². The van der Waals surface area contributed by atoms with Gasteiger partial charge in [0.2, 0.25) is 17.7 Å². The number of carbonyl (C=O) groups is 4. The molecule has 11 nitrogen and oxygen atoms in total. The average molecular weight is 495 g/mol. The van der Waals surface area contributed by atoms with Crippen LogP contribution in [0.3, 0.4) is 0 Å². The van der Waals surface area contributed by atoms with Crippen molar-refractivity contribution in [3.63, 3.8) is 0 Å². The molecule has 0 aliphatic carbocycles. The number of hydrogen-bond donors (Lipinski definition) is 7. The molecule has 196 valence electrons. The van der Waals surface area contributed by atoms with Crippen molar-refractivity contribution < 1.29 is 34.5 Å². The van der Waals surface area contributed by atoms with Crippen molar-refractivity contribution in [2.75, 3.05) is 6.61 Å². The molecule has 8 N–H and O–H groups in total. The maximum absolute atomic E-state index is 12.8. The fourth-order valence-corrected chi connectivity index (χ4v) is 3.36. The number of aromatic hydroxyl groups is 1. The van der Waals surface area contributed by atoms with E-state index in [0.717, 1.165) is 0 Å². The summed E-state index contributed by atoms with van der Waals surface area (Å²) in [5, 5.41) is 35.9. The lowest BCUT2D eigenvalue weighted by Gasteiger charge is -2.27. The summed E-state index contributed by atoms with van der Waals surface area (Å²) >= 11 is 0. The van der Waals surface area contributed by atoms with E-state index in [9.17, 15) is 34.5 Å². The van der Waals surface area contributed by atoms with Gasteiger partial charge in [-0.25, -0.2) is 4.79 Å². The van der Waals surface area contributed by atoms with Gasteiger partial charge in [0.1, 0.15) is 23.9 Å². The number of aliphatic carboxylic acids is 1. The Morgan fingerprint density at radius 2 is 1.46 bits per heavy atom. The summed E-state index contributed by atoms with van der Waals surface area (Å²) in [4.78, 5) is 49.7. The van der Waals surface area contributed by atoms with Crippen molar-refractivity contribution in [2.24, 2.45) is 17.6 Å². The van der Waals surface area contributed by atoms with E-state index in [1.54, 1.807) is 26.0 Å². The molecule has 1 aromatic carbocycles. The Labute approximate surface area is 205 Å². The molecule has 0 aromatic heterocycles. The fourth-order valence-electron chi connectivity index (χ4n) is 3.36. The summed E-state index contributed by atoms with van der Waals surface area (Å²) in [6, 6.07) is 1.56. The number of rotatable bonds is 14. The van der Waals surface area contributed by atoms with Crippen LogP contribution >= 0.6 is 0 Å². The van der Waals surface area contributed by atoms with Gasteiger partial charge in [0.05, 0.1) is 12.6 Å². The zero-order valence-corrected chi connectivity index (χ0v) is 20.7. The summed E-state index contributed by atoms with van der Waals surface area (Å²) in [7, 11) is 0. The maximum Gasteiger partial charge on any atom is 0.326 e. The molecule has 1 aromatic rings. The average Bonchev–Trinajstić information content (AvgIpc) is 2.80. The van der Waals surface area contributed by atoms with E-state index < -0.39 is 54.5 Å². The highest BCUT2D eigenvalue weighted by atomic mass is 16.4. The highest BCUT2D eigenvalue weighted by Crippen LogP contribution is 2.12. The van der Waals surface area contributed by atoms with E-state index >= 15 is 0 Å². The Balaban J connectivity index is 2.85. The van der Waals surface area contributed by atoms with Gasteiger partial charge in [0.25, 0.3) is 0 Å². The van der Waals surface area contributed by atoms with Crippen LogP contribution in [0.1, 0.15) is 46.1 Å². The maximum atomic E-state index is 12.8. The molecule has 5 unspecified atom stereocenters. The Morgan fingerprint density at radius 3 is 1.94 bits per heavy atom. The minimum absolute atomic E-state index is 0.0150. The lowest BCUT2D eigenvalue weighted by molar-refractivity contribution is -0.144. The molecule has 35 heavy (non-hydrogen) atoms. The normalized spacial score (nSPS) is 15.4. The lowest BCUT2D eigenvalue weighted by Crippen LogP contribution is -2.58. The summed E-state index contributed by atoms with van der Waals surface area (Å²) in [6.07, 6.45) is 0.884. The van der Waals surface area contributed by atoms with Crippen LogP contribution in [0, 0.1) is 11.8 Å². The summed E-state index contributed by atoms with van der Waals surface area (Å²) < 4.78 is 0. The first-order valence-electron chi connectivity index (χ1n) is 11.7. The van der Waals surface area contributed by atoms with E-state index in [0.29, 0.717) is 12.0 Å². The second-order valence-corrected chi connectivity index (χ2v) is 9.12. The van der Waals surface area contributed by atoms with Gasteiger partial charge in [-0.2, -0.15) is 0 Å². The summed E-state index contributed by atoms with van der Waals surface area (Å²) in [5.41, 5.74) is 6.62. The van der Waals surface area contributed by atoms with Crippen molar-refractivity contribution in [2.45, 2.75) is 71.1 Å². The highest BCUT2D eigenvalue weighted by Gasteiger charge is 2.32. The van der Waals surface area contributed by atoms with E-state index in [1.807, 2.05) is 13.8 Å². The van der Waals surface area contributed by atoms with E-state index in [-0.39, 0.29) is 30.4 Å². The van der Waals surface area contributed by atoms with Gasteiger partial charge in [-0.3, -0.25) is 14.4 Å². The Kier molecular flexibility index (Phi) is 12.2. The Morgan fingerprint density at radius 1 is 0.914 bits per heavy atom. The standard InChI is InChI=1S/C24H38N4O7/c1-5-14(4)20(24(34)35)28-22(32)18(10-13(2)3)26-23(33)19(12-29)27-21(31)17(25)11-15-6-8-16(30)9-7-15/h6-9,13-14,17-20,29-30H,5,10-12,25H2,1-4H3,(H,26,33)(H,27,31)(H,28,32)(H,34,35). The first kappa shape index (κ1) is 29.9. The Hall–Kier alpha value is -3.18. The molecule has 0 aliphatic heterocycles. The number of aliphatic hydroxyl groups excluding tert-OH is 1. The molecular formula is C24H38N4O7. The number of amides is 3. The smallest absolute Gasteiger partial charge is 0.326 e. The summed E-state index contributed by atoms with van der Waals surface area (Å²) in [5.74, 6) is -3.58. The number of aliphatic hydroxyl groups is 1. The molecule has 0 aliphatic rings. The molecule has 0 spiro atoms. The van der Waals surface area contributed by atoms with Crippen LogP contribution in [0.5, 0.6) is 5.75 Å². The van der Waals surface area contributed by atoms with Gasteiger partial charge < -0.3 is 37.0 Å². The third kappa shape index (κ3) is 9.91. The van der Waals surface area contributed by atoms with Gasteiger partial charge in [0, 0.05) is 0 Å². The fraction of sp³-hybridized carbons (Fsp3) is 0.583. The van der Waals surface area contributed by atoms with Crippen molar-refractivity contribution >= 4 is 23.7 Å². The predicted octanol–water partition coefficient (Wildman–Crippen LogP) is -0.114. The number of carboxylic acids is 1. The molecule has 0 saturated carbocycles. The van der Waals surface area contributed by atoms with Crippen molar-refractivity contribution in [1.29, 1.82) is 0 Å². The van der Waals surface area contributed by atoms with Crippen LogP contribution in [-0.2, 0) is 25.6 Å². The first-order chi connectivity index (χ1) is 16.4. The van der Waals surface area contributed by atoms with Gasteiger partial charge in [-0.05, 0) is 42.4 Å². The summed E-state index contributed by atoms with van der Waals surface area (Å²) in [6.45, 7) is 6.45. The van der Waals surface area contributed by atoms with Gasteiger partial charge in [-0.1, -0.05) is 46.2 Å². The molecule has 3 amide bonds. The molecular weight excluding hydrogens is 456 g/mol. The number of hydrogen-bond acceptors (Lipinski definition) is 7. The van der Waals surface area contributed by atoms with Crippen LogP contribution in [0.15, 0.2) is 24.3 Å². The Bertz CT molecular complexity index is 860. The lowest BCUT2D eigenvalue weighted by atomic mass is 9.97. The van der Waals surface area contributed by atoms with E-state index in [1.165, 1.54) is 12.1 Å². The zero-order valence-electron chi connectivity index (χ0n) is 20.7. The largest absolute Gasteiger partial charge is 0.508 e. The van der Waals surface area contributed by atoms with Gasteiger partial charge in [0.15, 0.2) is 0 Å². The van der Waals surface area contributed by atoms with Gasteiger partial charge >= 0.3 is 5.97 Å². The predicted molar refractivity (Wildman–Crippen MR) is 129 cm³/mol. The molecule has 5 atom stereocenters. The van der Waals surface area contributed by atoms with Crippen LogP contribution in [0.25, 0.3) is 0 Å².